The van der Waals surface area contributed by atoms with Crippen molar-refractivity contribution in [2.45, 2.75) is 31.7 Å². The number of piperidine rings is 1. The van der Waals surface area contributed by atoms with Crippen molar-refractivity contribution in [2.75, 3.05) is 19.7 Å². The first-order valence-electron chi connectivity index (χ1n) is 7.57. The van der Waals surface area contributed by atoms with Crippen LogP contribution in [0.15, 0.2) is 24.3 Å². The molecule has 1 aromatic rings. The largest absolute Gasteiger partial charge is 0.494 e. The second kappa shape index (κ2) is 7.79. The van der Waals surface area contributed by atoms with Gasteiger partial charge in [0.2, 0.25) is 5.91 Å². The highest BCUT2D eigenvalue weighted by molar-refractivity contribution is 5.92. The molecule has 1 heterocycles. The number of hydrogen-bond donors (Lipinski definition) is 2. The predicted molar refractivity (Wildman–Crippen MR) is 81.9 cm³/mol. The van der Waals surface area contributed by atoms with Crippen LogP contribution in [-0.2, 0) is 4.79 Å². The molecule has 22 heavy (non-hydrogen) atoms. The molecule has 0 saturated carbocycles. The van der Waals surface area contributed by atoms with Crippen LogP contribution in [0.2, 0.25) is 0 Å². The standard InChI is InChI=1S/C16H22N2O4/c17-15(19)12-5-7-13(8-6-12)22-11-3-10-18-9-2-1-4-14(18)16(20)21/h5-8,14H,1-4,9-11H2,(H2,17,19)(H,20,21). The van der Waals surface area contributed by atoms with E-state index in [0.717, 1.165) is 38.8 Å². The van der Waals surface area contributed by atoms with Crippen molar-refractivity contribution < 1.29 is 19.4 Å². The SMILES string of the molecule is NC(=O)c1ccc(OCCCN2CCCCC2C(=O)O)cc1. The molecule has 1 aliphatic rings. The molecule has 0 bridgehead atoms. The van der Waals surface area contributed by atoms with Gasteiger partial charge in [0.15, 0.2) is 0 Å². The summed E-state index contributed by atoms with van der Waals surface area (Å²) in [6, 6.07) is 6.32. The van der Waals surface area contributed by atoms with Gasteiger partial charge in [0.05, 0.1) is 6.61 Å². The van der Waals surface area contributed by atoms with Crippen LogP contribution in [-0.4, -0.2) is 47.6 Å². The van der Waals surface area contributed by atoms with E-state index in [0.29, 0.717) is 17.9 Å². The Morgan fingerprint density at radius 2 is 2.00 bits per heavy atom. The lowest BCUT2D eigenvalue weighted by molar-refractivity contribution is -0.144. The summed E-state index contributed by atoms with van der Waals surface area (Å²) in [6.45, 7) is 2.07. The smallest absolute Gasteiger partial charge is 0.320 e. The van der Waals surface area contributed by atoms with Gasteiger partial charge in [-0.1, -0.05) is 6.42 Å². The third-order valence-electron chi connectivity index (χ3n) is 3.90. The normalized spacial score (nSPS) is 18.8. The van der Waals surface area contributed by atoms with Crippen LogP contribution in [0.5, 0.6) is 5.75 Å². The maximum absolute atomic E-state index is 11.2. The summed E-state index contributed by atoms with van der Waals surface area (Å²) in [5, 5.41) is 9.20. The van der Waals surface area contributed by atoms with Crippen LogP contribution in [0.1, 0.15) is 36.0 Å². The molecule has 6 heteroatoms. The summed E-state index contributed by atoms with van der Waals surface area (Å²) in [6.07, 6.45) is 3.53. The summed E-state index contributed by atoms with van der Waals surface area (Å²) in [5.41, 5.74) is 5.62. The molecule has 6 nitrogen and oxygen atoms in total. The van der Waals surface area contributed by atoms with Crippen molar-refractivity contribution in [1.29, 1.82) is 0 Å². The summed E-state index contributed by atoms with van der Waals surface area (Å²) in [5.74, 6) is -0.516. The number of benzene rings is 1. The van der Waals surface area contributed by atoms with Crippen molar-refractivity contribution in [3.63, 3.8) is 0 Å². The Bertz CT molecular complexity index is 515. The number of nitrogens with zero attached hydrogens (tertiary/aromatic N) is 1. The average molecular weight is 306 g/mol. The van der Waals surface area contributed by atoms with Gasteiger partial charge < -0.3 is 15.6 Å². The molecular weight excluding hydrogens is 284 g/mol. The van der Waals surface area contributed by atoms with Gasteiger partial charge in [-0.3, -0.25) is 14.5 Å². The number of amides is 1. The second-order valence-electron chi connectivity index (χ2n) is 5.48. The molecule has 2 rings (SSSR count). The van der Waals surface area contributed by atoms with E-state index in [1.54, 1.807) is 24.3 Å². The van der Waals surface area contributed by atoms with E-state index in [1.165, 1.54) is 0 Å². The molecule has 1 amide bonds. The first-order valence-corrected chi connectivity index (χ1v) is 7.57. The number of likely N-dealkylation sites (tertiary alicyclic amines) is 1. The van der Waals surface area contributed by atoms with Crippen LogP contribution in [0.4, 0.5) is 0 Å². The van der Waals surface area contributed by atoms with Crippen LogP contribution in [0.3, 0.4) is 0 Å². The first kappa shape index (κ1) is 16.3. The number of aliphatic carboxylic acids is 1. The number of ether oxygens (including phenoxy) is 1. The van der Waals surface area contributed by atoms with E-state index in [9.17, 15) is 14.7 Å². The molecule has 1 unspecified atom stereocenters. The molecule has 1 saturated heterocycles. The zero-order chi connectivity index (χ0) is 15.9. The molecule has 1 fully saturated rings. The Kier molecular flexibility index (Phi) is 5.77. The number of primary amides is 1. The molecule has 3 N–H and O–H groups in total. The van der Waals surface area contributed by atoms with Crippen LogP contribution < -0.4 is 10.5 Å². The van der Waals surface area contributed by atoms with Crippen LogP contribution >= 0.6 is 0 Å². The minimum Gasteiger partial charge on any atom is -0.494 e. The number of carbonyl (C=O) groups is 2. The maximum atomic E-state index is 11.2. The fourth-order valence-corrected chi connectivity index (χ4v) is 2.71. The molecule has 0 radical (unpaired) electrons. The number of carbonyl (C=O) groups excluding carboxylic acids is 1. The van der Waals surface area contributed by atoms with E-state index in [1.807, 2.05) is 4.90 Å². The Labute approximate surface area is 129 Å². The molecular formula is C16H22N2O4. The fourth-order valence-electron chi connectivity index (χ4n) is 2.71. The number of carboxylic acid groups (broad SMARTS) is 1. The Hall–Kier alpha value is -2.08. The fraction of sp³-hybridized carbons (Fsp3) is 0.500. The second-order valence-corrected chi connectivity index (χ2v) is 5.48. The first-order chi connectivity index (χ1) is 10.6. The third kappa shape index (κ3) is 4.46. The van der Waals surface area contributed by atoms with Crippen molar-refractivity contribution in [3.8, 4) is 5.75 Å². The van der Waals surface area contributed by atoms with E-state index in [-0.39, 0.29) is 6.04 Å². The molecule has 1 aromatic carbocycles. The summed E-state index contributed by atoms with van der Waals surface area (Å²) >= 11 is 0. The number of hydrogen-bond acceptors (Lipinski definition) is 4. The summed E-state index contributed by atoms with van der Waals surface area (Å²) in [4.78, 5) is 24.2. The van der Waals surface area contributed by atoms with Gasteiger partial charge in [-0.05, 0) is 50.1 Å². The molecule has 0 aliphatic carbocycles. The Morgan fingerprint density at radius 1 is 1.27 bits per heavy atom. The van der Waals surface area contributed by atoms with Crippen LogP contribution in [0, 0.1) is 0 Å². The van der Waals surface area contributed by atoms with Crippen LogP contribution in [0.25, 0.3) is 0 Å². The maximum Gasteiger partial charge on any atom is 0.320 e. The molecule has 120 valence electrons. The van der Waals surface area contributed by atoms with Crippen molar-refractivity contribution in [1.82, 2.24) is 4.90 Å². The zero-order valence-corrected chi connectivity index (χ0v) is 12.5. The molecule has 0 spiro atoms. The van der Waals surface area contributed by atoms with Crippen molar-refractivity contribution in [2.24, 2.45) is 5.73 Å². The van der Waals surface area contributed by atoms with Gasteiger partial charge in [-0.15, -0.1) is 0 Å². The lowest BCUT2D eigenvalue weighted by atomic mass is 10.0. The lowest BCUT2D eigenvalue weighted by Gasteiger charge is -2.32. The molecule has 0 aromatic heterocycles. The number of carboxylic acids is 1. The minimum atomic E-state index is -0.734. The van der Waals surface area contributed by atoms with Gasteiger partial charge in [0, 0.05) is 12.1 Å². The topological polar surface area (TPSA) is 92.9 Å². The van der Waals surface area contributed by atoms with Gasteiger partial charge >= 0.3 is 5.97 Å². The Balaban J connectivity index is 1.74. The zero-order valence-electron chi connectivity index (χ0n) is 12.5. The minimum absolute atomic E-state index is 0.358. The summed E-state index contributed by atoms with van der Waals surface area (Å²) in [7, 11) is 0. The van der Waals surface area contributed by atoms with Gasteiger partial charge in [-0.25, -0.2) is 0 Å². The predicted octanol–water partition coefficient (Wildman–Crippen LogP) is 1.49. The highest BCUT2D eigenvalue weighted by Gasteiger charge is 2.27. The quantitative estimate of drug-likeness (QED) is 0.745. The number of nitrogens with two attached hydrogens (primary N) is 1. The van der Waals surface area contributed by atoms with E-state index >= 15 is 0 Å². The highest BCUT2D eigenvalue weighted by Crippen LogP contribution is 2.18. The van der Waals surface area contributed by atoms with Gasteiger partial charge in [0.25, 0.3) is 0 Å². The molecule has 1 aliphatic heterocycles. The third-order valence-corrected chi connectivity index (χ3v) is 3.90. The average Bonchev–Trinajstić information content (AvgIpc) is 2.52. The summed E-state index contributed by atoms with van der Waals surface area (Å²) < 4.78 is 5.60. The van der Waals surface area contributed by atoms with Gasteiger partial charge in [-0.2, -0.15) is 0 Å². The number of rotatable bonds is 7. The monoisotopic (exact) mass is 306 g/mol. The van der Waals surface area contributed by atoms with E-state index in [4.69, 9.17) is 10.5 Å². The van der Waals surface area contributed by atoms with E-state index in [2.05, 4.69) is 0 Å². The van der Waals surface area contributed by atoms with E-state index < -0.39 is 11.9 Å². The highest BCUT2D eigenvalue weighted by atomic mass is 16.5. The lowest BCUT2D eigenvalue weighted by Crippen LogP contribution is -2.45. The molecule has 1 atom stereocenters. The van der Waals surface area contributed by atoms with Crippen molar-refractivity contribution in [3.05, 3.63) is 29.8 Å². The van der Waals surface area contributed by atoms with Gasteiger partial charge in [0.1, 0.15) is 11.8 Å². The Morgan fingerprint density at radius 3 is 2.64 bits per heavy atom. The van der Waals surface area contributed by atoms with Crippen molar-refractivity contribution >= 4 is 11.9 Å².